The number of aromatic hydroxyl groups is 2. The van der Waals surface area contributed by atoms with Crippen LogP contribution in [0.3, 0.4) is 0 Å². The maximum absolute atomic E-state index is 10.4. The van der Waals surface area contributed by atoms with Crippen molar-refractivity contribution in [2.45, 2.75) is 130 Å². The molecule has 0 heterocycles. The lowest BCUT2D eigenvalue weighted by Gasteiger charge is -2.09. The lowest BCUT2D eigenvalue weighted by Crippen LogP contribution is -2.03. The van der Waals surface area contributed by atoms with Gasteiger partial charge in [0.2, 0.25) is 0 Å². The van der Waals surface area contributed by atoms with Crippen LogP contribution < -0.4 is 0 Å². The maximum Gasteiger partial charge on any atom is 0.124 e. The van der Waals surface area contributed by atoms with E-state index in [1.54, 1.807) is 12.1 Å². The molecule has 2 N–H and O–H groups in total. The smallest absolute Gasteiger partial charge is 0.124 e. The molecule has 0 aliphatic heterocycles. The van der Waals surface area contributed by atoms with Gasteiger partial charge in [-0.2, -0.15) is 0 Å². The second-order valence-electron chi connectivity index (χ2n) is 11.4. The summed E-state index contributed by atoms with van der Waals surface area (Å²) < 4.78 is 0. The first-order valence-electron chi connectivity index (χ1n) is 16.1. The summed E-state index contributed by atoms with van der Waals surface area (Å²) in [5.74, 6) is 0.568. The van der Waals surface area contributed by atoms with Gasteiger partial charge in [-0.25, -0.2) is 0 Å². The summed E-state index contributed by atoms with van der Waals surface area (Å²) in [5, 5.41) is 20.9. The van der Waals surface area contributed by atoms with E-state index in [9.17, 15) is 10.2 Å². The Kier molecular flexibility index (Phi) is 17.0. The molecule has 0 bridgehead atoms. The van der Waals surface area contributed by atoms with Gasteiger partial charge in [-0.15, -0.1) is 0 Å². The first kappa shape index (κ1) is 33.6. The number of phenols is 2. The van der Waals surface area contributed by atoms with Crippen molar-refractivity contribution in [3.63, 3.8) is 0 Å². The number of hydrogen-bond acceptors (Lipinski definition) is 4. The minimum Gasteiger partial charge on any atom is -0.507 e. The Labute approximate surface area is 245 Å². The molecule has 4 heteroatoms. The molecule has 2 aromatic carbocycles. The fourth-order valence-corrected chi connectivity index (χ4v) is 5.24. The van der Waals surface area contributed by atoms with Crippen LogP contribution in [0.1, 0.15) is 140 Å². The quantitative estimate of drug-likeness (QED) is 0.120. The SMILES string of the molecule is CCCCCCCCCc1ccc(O)c(C(C)=NCCN=C(C)c2cc(CCCCCCCCC)ccc2O)c1. The number of aryl methyl sites for hydroxylation is 2. The Morgan fingerprint density at radius 3 is 1.25 bits per heavy atom. The zero-order valence-corrected chi connectivity index (χ0v) is 26.0. The number of aliphatic imine (C=N–C) groups is 2. The highest BCUT2D eigenvalue weighted by Gasteiger charge is 2.08. The fraction of sp³-hybridized carbons (Fsp3) is 0.611. The standard InChI is InChI=1S/C36H56N2O2/c1-5-7-9-11-13-15-17-19-31-21-23-35(39)33(27-31)29(3)37-25-26-38-30(4)34-28-32(22-24-36(34)40)20-18-16-14-12-10-8-6-2/h21-24,27-28,39-40H,5-20,25-26H2,1-4H3. The van der Waals surface area contributed by atoms with E-state index < -0.39 is 0 Å². The molecule has 40 heavy (non-hydrogen) atoms. The lowest BCUT2D eigenvalue weighted by molar-refractivity contribution is 0.473. The molecule has 0 amide bonds. The molecule has 0 saturated heterocycles. The van der Waals surface area contributed by atoms with Gasteiger partial charge in [-0.3, -0.25) is 9.98 Å². The Morgan fingerprint density at radius 1 is 0.525 bits per heavy atom. The summed E-state index contributed by atoms with van der Waals surface area (Å²) in [6.45, 7) is 9.52. The number of hydrogen-bond donors (Lipinski definition) is 2. The third-order valence-corrected chi connectivity index (χ3v) is 7.84. The van der Waals surface area contributed by atoms with Gasteiger partial charge in [0.1, 0.15) is 11.5 Å². The molecular weight excluding hydrogens is 492 g/mol. The minimum absolute atomic E-state index is 0.284. The van der Waals surface area contributed by atoms with E-state index in [0.717, 1.165) is 35.4 Å². The van der Waals surface area contributed by atoms with Gasteiger partial charge in [-0.1, -0.05) is 103 Å². The third kappa shape index (κ3) is 13.2. The van der Waals surface area contributed by atoms with Gasteiger partial charge < -0.3 is 10.2 Å². The highest BCUT2D eigenvalue weighted by Crippen LogP contribution is 2.23. The second kappa shape index (κ2) is 20.3. The first-order chi connectivity index (χ1) is 19.5. The van der Waals surface area contributed by atoms with Crippen LogP contribution in [-0.2, 0) is 12.8 Å². The van der Waals surface area contributed by atoms with E-state index in [-0.39, 0.29) is 11.5 Å². The van der Waals surface area contributed by atoms with Crippen LogP contribution in [0.15, 0.2) is 46.4 Å². The van der Waals surface area contributed by atoms with Crippen molar-refractivity contribution in [3.8, 4) is 11.5 Å². The maximum atomic E-state index is 10.4. The summed E-state index contributed by atoms with van der Waals surface area (Å²) >= 11 is 0. The zero-order chi connectivity index (χ0) is 29.0. The average Bonchev–Trinajstić information content (AvgIpc) is 2.95. The molecule has 0 unspecified atom stereocenters. The highest BCUT2D eigenvalue weighted by molar-refractivity contribution is 6.02. The van der Waals surface area contributed by atoms with E-state index in [1.807, 2.05) is 26.0 Å². The predicted molar refractivity (Wildman–Crippen MR) is 174 cm³/mol. The molecule has 0 atom stereocenters. The molecule has 0 saturated carbocycles. The molecule has 0 aliphatic rings. The first-order valence-corrected chi connectivity index (χ1v) is 16.1. The van der Waals surface area contributed by atoms with Crippen molar-refractivity contribution < 1.29 is 10.2 Å². The summed E-state index contributed by atoms with van der Waals surface area (Å²) in [4.78, 5) is 9.41. The van der Waals surface area contributed by atoms with Crippen molar-refractivity contribution in [1.82, 2.24) is 0 Å². The summed E-state index contributed by atoms with van der Waals surface area (Å²) in [7, 11) is 0. The predicted octanol–water partition coefficient (Wildman–Crippen LogP) is 10.0. The van der Waals surface area contributed by atoms with Gasteiger partial charge in [0.15, 0.2) is 0 Å². The number of phenolic OH excluding ortho intramolecular Hbond substituents is 2. The Balaban J connectivity index is 1.84. The van der Waals surface area contributed by atoms with Crippen molar-refractivity contribution in [2.75, 3.05) is 13.1 Å². The largest absolute Gasteiger partial charge is 0.507 e. The van der Waals surface area contributed by atoms with Crippen LogP contribution in [0.2, 0.25) is 0 Å². The fourth-order valence-electron chi connectivity index (χ4n) is 5.24. The molecule has 0 radical (unpaired) electrons. The van der Waals surface area contributed by atoms with Crippen LogP contribution in [0.4, 0.5) is 0 Å². The molecule has 4 nitrogen and oxygen atoms in total. The molecular formula is C36H56N2O2. The van der Waals surface area contributed by atoms with Crippen LogP contribution in [-0.4, -0.2) is 34.7 Å². The van der Waals surface area contributed by atoms with Crippen LogP contribution in [0.5, 0.6) is 11.5 Å². The van der Waals surface area contributed by atoms with Crippen molar-refractivity contribution in [2.24, 2.45) is 9.98 Å². The molecule has 222 valence electrons. The van der Waals surface area contributed by atoms with Crippen LogP contribution in [0.25, 0.3) is 0 Å². The van der Waals surface area contributed by atoms with Gasteiger partial charge in [0, 0.05) is 22.6 Å². The Morgan fingerprint density at radius 2 is 0.875 bits per heavy atom. The summed E-state index contributed by atoms with van der Waals surface area (Å²) in [5.41, 5.74) is 5.83. The van der Waals surface area contributed by atoms with Crippen molar-refractivity contribution >= 4 is 11.4 Å². The monoisotopic (exact) mass is 548 g/mol. The van der Waals surface area contributed by atoms with E-state index in [0.29, 0.717) is 13.1 Å². The van der Waals surface area contributed by atoms with Gasteiger partial charge >= 0.3 is 0 Å². The third-order valence-electron chi connectivity index (χ3n) is 7.84. The summed E-state index contributed by atoms with van der Waals surface area (Å²) in [6, 6.07) is 11.9. The topological polar surface area (TPSA) is 65.2 Å². The zero-order valence-electron chi connectivity index (χ0n) is 26.0. The van der Waals surface area contributed by atoms with E-state index in [1.165, 1.54) is 101 Å². The number of benzene rings is 2. The summed E-state index contributed by atoms with van der Waals surface area (Å²) in [6.07, 6.45) is 20.3. The number of nitrogens with zero attached hydrogens (tertiary/aromatic N) is 2. The average molecular weight is 549 g/mol. The van der Waals surface area contributed by atoms with Crippen molar-refractivity contribution in [3.05, 3.63) is 58.7 Å². The molecule has 0 spiro atoms. The van der Waals surface area contributed by atoms with E-state index >= 15 is 0 Å². The molecule has 0 aromatic heterocycles. The van der Waals surface area contributed by atoms with E-state index in [4.69, 9.17) is 9.98 Å². The van der Waals surface area contributed by atoms with Crippen LogP contribution >= 0.6 is 0 Å². The van der Waals surface area contributed by atoms with Gasteiger partial charge in [0.05, 0.1) is 13.1 Å². The number of rotatable bonds is 21. The van der Waals surface area contributed by atoms with Crippen LogP contribution in [0, 0.1) is 0 Å². The Hall–Kier alpha value is -2.62. The Bertz CT molecular complexity index is 958. The number of unbranched alkanes of at least 4 members (excludes halogenated alkanes) is 12. The normalized spacial score (nSPS) is 12.3. The lowest BCUT2D eigenvalue weighted by atomic mass is 10.0. The molecule has 0 aliphatic carbocycles. The molecule has 2 aromatic rings. The highest BCUT2D eigenvalue weighted by atomic mass is 16.3. The molecule has 2 rings (SSSR count). The minimum atomic E-state index is 0.284. The second-order valence-corrected chi connectivity index (χ2v) is 11.4. The van der Waals surface area contributed by atoms with Gasteiger partial charge in [0.25, 0.3) is 0 Å². The van der Waals surface area contributed by atoms with Gasteiger partial charge in [-0.05, 0) is 74.9 Å². The van der Waals surface area contributed by atoms with E-state index in [2.05, 4.69) is 26.0 Å². The van der Waals surface area contributed by atoms with Crippen molar-refractivity contribution in [1.29, 1.82) is 0 Å². The molecule has 0 fully saturated rings.